The van der Waals surface area contributed by atoms with Crippen LogP contribution in [0.25, 0.3) is 11.3 Å². The predicted molar refractivity (Wildman–Crippen MR) is 135 cm³/mol. The number of amides is 2. The van der Waals surface area contributed by atoms with E-state index in [4.69, 9.17) is 11.5 Å². The van der Waals surface area contributed by atoms with Crippen molar-refractivity contribution in [2.45, 2.75) is 70.3 Å². The Morgan fingerprint density at radius 2 is 1.97 bits per heavy atom. The van der Waals surface area contributed by atoms with Crippen LogP contribution in [0.2, 0.25) is 0 Å². The van der Waals surface area contributed by atoms with Gasteiger partial charge in [-0.1, -0.05) is 12.1 Å². The summed E-state index contributed by atoms with van der Waals surface area (Å²) >= 11 is 0. The normalized spacial score (nSPS) is 17.1. The molecule has 1 aliphatic heterocycles. The lowest BCUT2D eigenvalue weighted by molar-refractivity contribution is -0.133. The van der Waals surface area contributed by atoms with Crippen molar-refractivity contribution in [1.82, 2.24) is 14.5 Å². The lowest BCUT2D eigenvalue weighted by atomic mass is 9.85. The minimum atomic E-state index is -0.670. The number of imidazole rings is 1. The molecule has 0 bridgehead atoms. The van der Waals surface area contributed by atoms with Crippen LogP contribution in [-0.2, 0) is 4.79 Å². The highest BCUT2D eigenvalue weighted by atomic mass is 16.2. The minimum absolute atomic E-state index is 0.0570. The smallest absolute Gasteiger partial charge is 0.285 e. The fourth-order valence-electron chi connectivity index (χ4n) is 5.11. The average molecular weight is 475 g/mol. The first kappa shape index (κ1) is 24.7. The molecule has 2 aromatic rings. The Morgan fingerprint density at radius 1 is 1.23 bits per heavy atom. The molecule has 8 nitrogen and oxygen atoms in total. The molecule has 1 fully saturated rings. The van der Waals surface area contributed by atoms with E-state index in [9.17, 15) is 14.9 Å². The molecule has 0 radical (unpaired) electrons. The second kappa shape index (κ2) is 10.0. The number of benzene rings is 1. The van der Waals surface area contributed by atoms with Gasteiger partial charge >= 0.3 is 0 Å². The summed E-state index contributed by atoms with van der Waals surface area (Å²) in [4.78, 5) is 30.7. The van der Waals surface area contributed by atoms with Crippen molar-refractivity contribution in [3.63, 3.8) is 0 Å². The number of nitriles is 1. The molecular formula is C27H34N6O2. The largest absolute Gasteiger partial charge is 0.363 e. The van der Waals surface area contributed by atoms with Gasteiger partial charge < -0.3 is 16.4 Å². The maximum Gasteiger partial charge on any atom is 0.285 e. The monoisotopic (exact) mass is 474 g/mol. The first-order valence-electron chi connectivity index (χ1n) is 12.4. The average Bonchev–Trinajstić information content (AvgIpc) is 3.28. The molecular weight excluding hydrogens is 440 g/mol. The van der Waals surface area contributed by atoms with Gasteiger partial charge in [0.1, 0.15) is 6.07 Å². The van der Waals surface area contributed by atoms with E-state index in [-0.39, 0.29) is 17.4 Å². The molecule has 0 spiro atoms. The number of primary amides is 1. The number of rotatable bonds is 6. The standard InChI is InChI=1S/C27H34N6O2/c1-27(2,30)15-24(34)32-12-10-18(11-13-32)20-8-9-23(22(14-20)19-6-4-3-5-7-19)33-17-21(16-28)31-26(33)25(29)35/h6,8-9,14,17-18H,3-5,7,10-13,15,30H2,1-2H3,(H2,29,35). The van der Waals surface area contributed by atoms with Crippen LogP contribution in [0.3, 0.4) is 0 Å². The zero-order chi connectivity index (χ0) is 25.2. The van der Waals surface area contributed by atoms with Crippen LogP contribution in [-0.4, -0.2) is 44.9 Å². The van der Waals surface area contributed by atoms with Crippen molar-refractivity contribution < 1.29 is 9.59 Å². The van der Waals surface area contributed by atoms with E-state index in [0.29, 0.717) is 12.3 Å². The molecule has 2 aliphatic rings. The molecule has 4 N–H and O–H groups in total. The molecule has 4 rings (SSSR count). The maximum atomic E-state index is 12.6. The Bertz CT molecular complexity index is 1190. The summed E-state index contributed by atoms with van der Waals surface area (Å²) < 4.78 is 1.64. The van der Waals surface area contributed by atoms with E-state index in [1.165, 1.54) is 17.6 Å². The Hall–Kier alpha value is -3.44. The Balaban J connectivity index is 1.64. The summed E-state index contributed by atoms with van der Waals surface area (Å²) in [5.41, 5.74) is 15.6. The van der Waals surface area contributed by atoms with Gasteiger partial charge in [-0.05, 0) is 81.6 Å². The minimum Gasteiger partial charge on any atom is -0.363 e. The molecule has 2 amide bonds. The van der Waals surface area contributed by atoms with Gasteiger partial charge in [0.25, 0.3) is 5.91 Å². The van der Waals surface area contributed by atoms with Crippen LogP contribution in [0.4, 0.5) is 0 Å². The second-order valence-electron chi connectivity index (χ2n) is 10.4. The molecule has 0 unspecified atom stereocenters. The first-order valence-corrected chi connectivity index (χ1v) is 12.4. The van der Waals surface area contributed by atoms with E-state index in [1.54, 1.807) is 10.8 Å². The van der Waals surface area contributed by atoms with Gasteiger partial charge in [-0.3, -0.25) is 14.2 Å². The van der Waals surface area contributed by atoms with Gasteiger partial charge in [0.2, 0.25) is 11.7 Å². The number of carbonyl (C=O) groups excluding carboxylic acids is 2. The number of hydrogen-bond donors (Lipinski definition) is 2. The van der Waals surface area contributed by atoms with Crippen LogP contribution in [0.15, 0.2) is 30.5 Å². The van der Waals surface area contributed by atoms with Gasteiger partial charge in [0.05, 0.1) is 5.69 Å². The van der Waals surface area contributed by atoms with Crippen LogP contribution in [0.1, 0.15) is 92.2 Å². The van der Waals surface area contributed by atoms with E-state index in [2.05, 4.69) is 23.2 Å². The third-order valence-electron chi connectivity index (χ3n) is 6.88. The number of allylic oxidation sites excluding steroid dienone is 2. The zero-order valence-electron chi connectivity index (χ0n) is 20.6. The first-order chi connectivity index (χ1) is 16.7. The SMILES string of the molecule is CC(C)(N)CC(=O)N1CCC(c2ccc(-n3cc(C#N)nc3C(N)=O)c(C3=CCCCC3)c2)CC1. The summed E-state index contributed by atoms with van der Waals surface area (Å²) in [5.74, 6) is -0.153. The van der Waals surface area contributed by atoms with Crippen LogP contribution in [0.5, 0.6) is 0 Å². The van der Waals surface area contributed by atoms with Gasteiger partial charge in [-0.15, -0.1) is 0 Å². The van der Waals surface area contributed by atoms with Crippen molar-refractivity contribution in [2.24, 2.45) is 11.5 Å². The molecule has 0 atom stereocenters. The summed E-state index contributed by atoms with van der Waals surface area (Å²) in [6.07, 6.45) is 10.2. The number of nitrogens with two attached hydrogens (primary N) is 2. The van der Waals surface area contributed by atoms with Crippen molar-refractivity contribution >= 4 is 17.4 Å². The van der Waals surface area contributed by atoms with Gasteiger partial charge in [-0.2, -0.15) is 5.26 Å². The van der Waals surface area contributed by atoms with Crippen LogP contribution < -0.4 is 11.5 Å². The Labute approximate surface area is 206 Å². The molecule has 1 aliphatic carbocycles. The number of carbonyl (C=O) groups is 2. The molecule has 0 saturated carbocycles. The van der Waals surface area contributed by atoms with E-state index in [1.807, 2.05) is 30.9 Å². The summed E-state index contributed by atoms with van der Waals surface area (Å²) in [5, 5.41) is 9.33. The summed E-state index contributed by atoms with van der Waals surface area (Å²) in [6, 6.07) is 8.32. The fraction of sp³-hybridized carbons (Fsp3) is 0.481. The molecule has 8 heteroatoms. The Morgan fingerprint density at radius 3 is 2.57 bits per heavy atom. The van der Waals surface area contributed by atoms with Gasteiger partial charge in [0, 0.05) is 36.8 Å². The molecule has 1 aromatic heterocycles. The number of nitrogens with zero attached hydrogens (tertiary/aromatic N) is 4. The molecule has 2 heterocycles. The van der Waals surface area contributed by atoms with Crippen LogP contribution >= 0.6 is 0 Å². The third-order valence-corrected chi connectivity index (χ3v) is 6.88. The van der Waals surface area contributed by atoms with Crippen molar-refractivity contribution in [1.29, 1.82) is 5.26 Å². The highest BCUT2D eigenvalue weighted by Gasteiger charge is 2.28. The van der Waals surface area contributed by atoms with Crippen molar-refractivity contribution in [3.8, 4) is 11.8 Å². The maximum absolute atomic E-state index is 12.6. The van der Waals surface area contributed by atoms with E-state index >= 15 is 0 Å². The van der Waals surface area contributed by atoms with Gasteiger partial charge in [-0.25, -0.2) is 4.98 Å². The van der Waals surface area contributed by atoms with Gasteiger partial charge in [0.15, 0.2) is 5.69 Å². The molecule has 1 saturated heterocycles. The molecule has 1 aromatic carbocycles. The molecule has 35 heavy (non-hydrogen) atoms. The number of hydrogen-bond acceptors (Lipinski definition) is 5. The predicted octanol–water partition coefficient (Wildman–Crippen LogP) is 3.63. The quantitative estimate of drug-likeness (QED) is 0.660. The highest BCUT2D eigenvalue weighted by molar-refractivity contribution is 5.90. The second-order valence-corrected chi connectivity index (χ2v) is 10.4. The lowest BCUT2D eigenvalue weighted by Crippen LogP contribution is -2.44. The number of aromatic nitrogens is 2. The Kier molecular flexibility index (Phi) is 7.08. The van der Waals surface area contributed by atoms with E-state index < -0.39 is 11.4 Å². The van der Waals surface area contributed by atoms with E-state index in [0.717, 1.165) is 56.4 Å². The molecule has 184 valence electrons. The summed E-state index contributed by atoms with van der Waals surface area (Å²) in [6.45, 7) is 5.20. The number of likely N-dealkylation sites (tertiary alicyclic amines) is 1. The van der Waals surface area contributed by atoms with Crippen LogP contribution in [0, 0.1) is 11.3 Å². The van der Waals surface area contributed by atoms with Crippen molar-refractivity contribution in [3.05, 3.63) is 53.1 Å². The fourth-order valence-corrected chi connectivity index (χ4v) is 5.11. The third kappa shape index (κ3) is 5.63. The topological polar surface area (TPSA) is 131 Å². The zero-order valence-corrected chi connectivity index (χ0v) is 20.6. The van der Waals surface area contributed by atoms with Crippen molar-refractivity contribution in [2.75, 3.05) is 13.1 Å². The number of piperidine rings is 1. The summed E-state index contributed by atoms with van der Waals surface area (Å²) in [7, 11) is 0. The lowest BCUT2D eigenvalue weighted by Gasteiger charge is -2.34. The highest BCUT2D eigenvalue weighted by Crippen LogP contribution is 2.36.